The number of thioether (sulfide) groups is 1. The summed E-state index contributed by atoms with van der Waals surface area (Å²) in [4.78, 5) is 14.4. The van der Waals surface area contributed by atoms with Gasteiger partial charge < -0.3 is 4.74 Å². The van der Waals surface area contributed by atoms with Crippen molar-refractivity contribution in [2.75, 3.05) is 7.11 Å². The molecule has 5 nitrogen and oxygen atoms in total. The summed E-state index contributed by atoms with van der Waals surface area (Å²) in [5, 5.41) is 7.15. The predicted octanol–water partition coefficient (Wildman–Crippen LogP) is 6.31. The second kappa shape index (κ2) is 10.4. The maximum absolute atomic E-state index is 13.3. The van der Waals surface area contributed by atoms with Gasteiger partial charge in [0.2, 0.25) is 0 Å². The number of nitrogens with zero attached hydrogens (tertiary/aromatic N) is 3. The van der Waals surface area contributed by atoms with Gasteiger partial charge in [-0.25, -0.2) is 9.36 Å². The molecule has 0 amide bonds. The van der Waals surface area contributed by atoms with Crippen molar-refractivity contribution in [1.29, 1.82) is 0 Å². The highest BCUT2D eigenvalue weighted by atomic mass is 35.5. The van der Waals surface area contributed by atoms with Crippen molar-refractivity contribution in [2.45, 2.75) is 11.8 Å². The minimum absolute atomic E-state index is 0.278. The second-order valence-corrected chi connectivity index (χ2v) is 8.60. The Bertz CT molecular complexity index is 1340. The van der Waals surface area contributed by atoms with E-state index in [0.29, 0.717) is 28.0 Å². The van der Waals surface area contributed by atoms with Gasteiger partial charge in [0.1, 0.15) is 5.75 Å². The molecule has 1 heterocycles. The molecular weight excluding hydrogens is 454 g/mol. The second-order valence-electron chi connectivity index (χ2n) is 7.18. The number of methoxy groups -OCH3 is 1. The van der Waals surface area contributed by atoms with Gasteiger partial charge in [-0.3, -0.25) is 0 Å². The van der Waals surface area contributed by atoms with E-state index in [2.05, 4.69) is 36.3 Å². The lowest BCUT2D eigenvalue weighted by Crippen LogP contribution is -2.22. The summed E-state index contributed by atoms with van der Waals surface area (Å²) in [5.74, 6) is 1.22. The van der Waals surface area contributed by atoms with E-state index in [9.17, 15) is 4.79 Å². The van der Waals surface area contributed by atoms with Gasteiger partial charge in [0, 0.05) is 9.92 Å². The third-order valence-corrected chi connectivity index (χ3v) is 5.96. The van der Waals surface area contributed by atoms with Crippen LogP contribution in [0.25, 0.3) is 17.5 Å². The highest BCUT2D eigenvalue weighted by molar-refractivity contribution is 8.02. The molecule has 0 fully saturated rings. The van der Waals surface area contributed by atoms with E-state index in [0.717, 1.165) is 4.90 Å². The molecule has 3 aromatic carbocycles. The first-order valence-electron chi connectivity index (χ1n) is 10.2. The fourth-order valence-electron chi connectivity index (χ4n) is 3.14. The Hall–Kier alpha value is -3.48. The molecule has 0 unspecified atom stereocenters. The number of benzene rings is 3. The van der Waals surface area contributed by atoms with Gasteiger partial charge in [-0.1, -0.05) is 53.2 Å². The minimum atomic E-state index is -0.278. The van der Waals surface area contributed by atoms with E-state index in [1.807, 2.05) is 47.9 Å². The van der Waals surface area contributed by atoms with Crippen LogP contribution in [0.15, 0.2) is 100 Å². The molecule has 0 aliphatic heterocycles. The number of halogens is 1. The zero-order chi connectivity index (χ0) is 23.2. The summed E-state index contributed by atoms with van der Waals surface area (Å²) < 4.78 is 8.17. The quantitative estimate of drug-likeness (QED) is 0.232. The van der Waals surface area contributed by atoms with Gasteiger partial charge in [0.05, 0.1) is 18.5 Å². The predicted molar refractivity (Wildman–Crippen MR) is 136 cm³/mol. The Morgan fingerprint density at radius 3 is 2.24 bits per heavy atom. The summed E-state index contributed by atoms with van der Waals surface area (Å²) in [6.45, 7) is 2.07. The van der Waals surface area contributed by atoms with Crippen LogP contribution in [0.5, 0.6) is 5.75 Å². The molecule has 0 saturated carbocycles. The first-order chi connectivity index (χ1) is 16.0. The van der Waals surface area contributed by atoms with Crippen LogP contribution < -0.4 is 10.4 Å². The van der Waals surface area contributed by atoms with E-state index in [4.69, 9.17) is 16.3 Å². The van der Waals surface area contributed by atoms with Crippen molar-refractivity contribution in [3.63, 3.8) is 0 Å². The van der Waals surface area contributed by atoms with Crippen molar-refractivity contribution in [3.05, 3.63) is 117 Å². The fraction of sp³-hybridized carbons (Fsp3) is 0.0769. The molecule has 0 saturated heterocycles. The summed E-state index contributed by atoms with van der Waals surface area (Å²) in [7, 11) is 1.61. The van der Waals surface area contributed by atoms with E-state index in [1.165, 1.54) is 10.2 Å². The van der Waals surface area contributed by atoms with Crippen LogP contribution in [0.4, 0.5) is 0 Å². The van der Waals surface area contributed by atoms with E-state index >= 15 is 0 Å². The van der Waals surface area contributed by atoms with E-state index in [1.54, 1.807) is 47.7 Å². The lowest BCUT2D eigenvalue weighted by molar-refractivity contribution is 0.414. The topological polar surface area (TPSA) is 49.0 Å². The molecule has 4 aromatic rings. The molecular formula is C26H22ClN3O2S. The third kappa shape index (κ3) is 5.48. The number of aryl methyl sites for hydroxylation is 1. The molecule has 0 spiro atoms. The van der Waals surface area contributed by atoms with Crippen LogP contribution in [-0.4, -0.2) is 21.5 Å². The molecule has 0 N–H and O–H groups in total. The van der Waals surface area contributed by atoms with Crippen LogP contribution in [-0.2, 0) is 0 Å². The van der Waals surface area contributed by atoms with Gasteiger partial charge in [-0.15, -0.1) is 5.10 Å². The molecule has 0 aliphatic rings. The number of ether oxygens (including phenoxy) is 1. The number of hydrogen-bond donors (Lipinski definition) is 0. The van der Waals surface area contributed by atoms with Crippen LogP contribution in [0.3, 0.4) is 0 Å². The molecule has 4 rings (SSSR count). The fourth-order valence-corrected chi connectivity index (χ4v) is 3.88. The SMILES string of the molecule is COc1ccc(-n2c(/C=C\C=C\Sc3ccc(C)cc3)nn(-c3ccc(Cl)cc3)c2=O)cc1. The summed E-state index contributed by atoms with van der Waals surface area (Å²) in [5.41, 5.74) is 2.28. The standard InChI is InChI=1S/C26H22ClN3O2S/c1-19-6-16-24(17-7-19)33-18-4-3-5-25-28-30(22-10-8-20(27)9-11-22)26(31)29(25)21-12-14-23(32-2)15-13-21/h3-18H,1-2H3/b5-3-,18-4+. The number of aromatic nitrogens is 3. The minimum Gasteiger partial charge on any atom is -0.497 e. The molecule has 0 bridgehead atoms. The largest absolute Gasteiger partial charge is 0.497 e. The van der Waals surface area contributed by atoms with Crippen molar-refractivity contribution in [3.8, 4) is 17.1 Å². The molecule has 7 heteroatoms. The highest BCUT2D eigenvalue weighted by Gasteiger charge is 2.14. The smallest absolute Gasteiger partial charge is 0.355 e. The normalized spacial score (nSPS) is 11.5. The molecule has 1 aromatic heterocycles. The monoisotopic (exact) mass is 475 g/mol. The number of hydrogen-bond acceptors (Lipinski definition) is 4. The van der Waals surface area contributed by atoms with Crippen molar-refractivity contribution >= 4 is 29.4 Å². The lowest BCUT2D eigenvalue weighted by atomic mass is 10.2. The maximum Gasteiger partial charge on any atom is 0.355 e. The van der Waals surface area contributed by atoms with Crippen LogP contribution in [0.1, 0.15) is 11.4 Å². The van der Waals surface area contributed by atoms with E-state index < -0.39 is 0 Å². The highest BCUT2D eigenvalue weighted by Crippen LogP contribution is 2.20. The number of allylic oxidation sites excluding steroid dienone is 2. The Morgan fingerprint density at radius 2 is 1.58 bits per heavy atom. The van der Waals surface area contributed by atoms with Crippen LogP contribution in [0.2, 0.25) is 5.02 Å². The Balaban J connectivity index is 1.65. The Labute approximate surface area is 201 Å². The Kier molecular flexibility index (Phi) is 7.17. The maximum atomic E-state index is 13.3. The average Bonchev–Trinajstić information content (AvgIpc) is 3.16. The van der Waals surface area contributed by atoms with Crippen molar-refractivity contribution < 1.29 is 4.74 Å². The van der Waals surface area contributed by atoms with Crippen LogP contribution in [0, 0.1) is 6.92 Å². The molecule has 0 radical (unpaired) electrons. The summed E-state index contributed by atoms with van der Waals surface area (Å²) >= 11 is 7.63. The first kappa shape index (κ1) is 22.7. The van der Waals surface area contributed by atoms with Gasteiger partial charge >= 0.3 is 5.69 Å². The average molecular weight is 476 g/mol. The molecule has 33 heavy (non-hydrogen) atoms. The molecule has 0 aliphatic carbocycles. The number of rotatable bonds is 7. The lowest BCUT2D eigenvalue weighted by Gasteiger charge is -2.04. The summed E-state index contributed by atoms with van der Waals surface area (Å²) in [6.07, 6.45) is 5.61. The molecule has 0 atom stereocenters. The van der Waals surface area contributed by atoms with Gasteiger partial charge in [0.25, 0.3) is 0 Å². The zero-order valence-corrected chi connectivity index (χ0v) is 19.8. The van der Waals surface area contributed by atoms with Crippen molar-refractivity contribution in [1.82, 2.24) is 14.3 Å². The van der Waals surface area contributed by atoms with Gasteiger partial charge in [0.15, 0.2) is 5.82 Å². The van der Waals surface area contributed by atoms with Gasteiger partial charge in [-0.2, -0.15) is 4.68 Å². The van der Waals surface area contributed by atoms with Gasteiger partial charge in [-0.05, 0) is 79.1 Å². The molecule has 166 valence electrons. The zero-order valence-electron chi connectivity index (χ0n) is 18.2. The van der Waals surface area contributed by atoms with Crippen molar-refractivity contribution in [2.24, 2.45) is 0 Å². The first-order valence-corrected chi connectivity index (χ1v) is 11.5. The van der Waals surface area contributed by atoms with E-state index in [-0.39, 0.29) is 5.69 Å². The summed E-state index contributed by atoms with van der Waals surface area (Å²) in [6, 6.07) is 22.6. The Morgan fingerprint density at radius 1 is 0.909 bits per heavy atom. The third-order valence-electron chi connectivity index (χ3n) is 4.87. The van der Waals surface area contributed by atoms with Crippen LogP contribution >= 0.6 is 23.4 Å².